The number of morpholine rings is 1. The van der Waals surface area contributed by atoms with Crippen LogP contribution in [0.1, 0.15) is 6.42 Å². The van der Waals surface area contributed by atoms with Crippen molar-refractivity contribution in [3.63, 3.8) is 0 Å². The fourth-order valence-corrected chi connectivity index (χ4v) is 5.36. The van der Waals surface area contributed by atoms with Crippen molar-refractivity contribution in [3.05, 3.63) is 60.8 Å². The molecular formula is C27H28FN5O2. The molecule has 2 saturated heterocycles. The number of fused-ring (bicyclic) bond motifs is 2. The minimum absolute atomic E-state index is 0.106. The first-order valence-electron chi connectivity index (χ1n) is 12.0. The lowest BCUT2D eigenvalue weighted by atomic mass is 9.93. The van der Waals surface area contributed by atoms with E-state index in [2.05, 4.69) is 38.5 Å². The van der Waals surface area contributed by atoms with E-state index >= 15 is 0 Å². The van der Waals surface area contributed by atoms with E-state index in [4.69, 9.17) is 9.47 Å². The first-order chi connectivity index (χ1) is 17.1. The molecule has 8 heteroatoms. The van der Waals surface area contributed by atoms with Crippen molar-refractivity contribution in [2.24, 2.45) is 7.05 Å². The smallest absolute Gasteiger partial charge is 0.127 e. The van der Waals surface area contributed by atoms with Crippen LogP contribution < -0.4 is 15.0 Å². The number of nitrogens with one attached hydrogen (secondary N) is 1. The lowest BCUT2D eigenvalue weighted by Crippen LogP contribution is -2.57. The maximum absolute atomic E-state index is 14.5. The van der Waals surface area contributed by atoms with Gasteiger partial charge in [-0.1, -0.05) is 6.07 Å². The number of ether oxygens (including phenoxy) is 2. The average molecular weight is 474 g/mol. The highest BCUT2D eigenvalue weighted by Crippen LogP contribution is 2.42. The van der Waals surface area contributed by atoms with E-state index in [9.17, 15) is 4.39 Å². The lowest BCUT2D eigenvalue weighted by Gasteiger charge is -2.43. The Hall–Kier alpha value is -3.49. The van der Waals surface area contributed by atoms with Crippen LogP contribution in [-0.2, 0) is 11.8 Å². The summed E-state index contributed by atoms with van der Waals surface area (Å²) in [4.78, 5) is 6.96. The monoisotopic (exact) mass is 473 g/mol. The second-order valence-electron chi connectivity index (χ2n) is 9.21. The highest BCUT2D eigenvalue weighted by molar-refractivity contribution is 5.93. The van der Waals surface area contributed by atoms with Crippen molar-refractivity contribution in [3.8, 4) is 28.0 Å². The fourth-order valence-electron chi connectivity index (χ4n) is 5.36. The summed E-state index contributed by atoms with van der Waals surface area (Å²) in [6.07, 6.45) is 6.68. The molecule has 2 aromatic heterocycles. The molecule has 0 bridgehead atoms. The Balaban J connectivity index is 1.52. The van der Waals surface area contributed by atoms with Gasteiger partial charge in [0, 0.05) is 67.7 Å². The molecule has 4 aromatic rings. The van der Waals surface area contributed by atoms with E-state index in [1.54, 1.807) is 13.2 Å². The van der Waals surface area contributed by atoms with Crippen LogP contribution in [-0.4, -0.2) is 60.3 Å². The molecular weight excluding hydrogens is 445 g/mol. The molecule has 4 heterocycles. The van der Waals surface area contributed by atoms with Crippen molar-refractivity contribution in [2.75, 3.05) is 38.3 Å². The summed E-state index contributed by atoms with van der Waals surface area (Å²) in [5, 5.41) is 9.05. The maximum atomic E-state index is 14.5. The molecule has 2 atom stereocenters. The molecule has 0 saturated carbocycles. The summed E-state index contributed by atoms with van der Waals surface area (Å²) in [6, 6.07) is 11.5. The number of aromatic nitrogens is 3. The summed E-state index contributed by atoms with van der Waals surface area (Å²) >= 11 is 0. The van der Waals surface area contributed by atoms with E-state index in [-0.39, 0.29) is 11.9 Å². The minimum atomic E-state index is -0.342. The van der Waals surface area contributed by atoms with E-state index in [0.29, 0.717) is 18.4 Å². The number of aryl methyl sites for hydroxylation is 1. The van der Waals surface area contributed by atoms with Gasteiger partial charge in [-0.2, -0.15) is 5.10 Å². The van der Waals surface area contributed by atoms with Gasteiger partial charge in [-0.15, -0.1) is 0 Å². The fraction of sp³-hybridized carbons (Fsp3) is 0.333. The van der Waals surface area contributed by atoms with Crippen molar-refractivity contribution in [2.45, 2.75) is 18.6 Å². The van der Waals surface area contributed by atoms with E-state index in [1.807, 2.05) is 36.4 Å². The Morgan fingerprint density at radius 1 is 1.09 bits per heavy atom. The molecule has 180 valence electrons. The molecule has 0 amide bonds. The summed E-state index contributed by atoms with van der Waals surface area (Å²) in [7, 11) is 3.49. The molecule has 0 spiro atoms. The van der Waals surface area contributed by atoms with Gasteiger partial charge in [0.15, 0.2) is 0 Å². The van der Waals surface area contributed by atoms with Gasteiger partial charge in [0.1, 0.15) is 11.6 Å². The van der Waals surface area contributed by atoms with Crippen molar-refractivity contribution >= 4 is 16.6 Å². The topological polar surface area (TPSA) is 64.4 Å². The Kier molecular flexibility index (Phi) is 5.62. The molecule has 6 rings (SSSR count). The van der Waals surface area contributed by atoms with Crippen LogP contribution >= 0.6 is 0 Å². The van der Waals surface area contributed by atoms with Crippen molar-refractivity contribution in [1.29, 1.82) is 0 Å². The van der Waals surface area contributed by atoms with Gasteiger partial charge in [0.2, 0.25) is 0 Å². The summed E-state index contributed by atoms with van der Waals surface area (Å²) in [5.74, 6) is 0.137. The van der Waals surface area contributed by atoms with Crippen LogP contribution in [0, 0.1) is 5.82 Å². The predicted molar refractivity (Wildman–Crippen MR) is 134 cm³/mol. The normalized spacial score (nSPS) is 20.1. The summed E-state index contributed by atoms with van der Waals surface area (Å²) < 4.78 is 27.9. The number of halogens is 1. The van der Waals surface area contributed by atoms with Crippen LogP contribution in [0.15, 0.2) is 55.0 Å². The first kappa shape index (κ1) is 22.0. The van der Waals surface area contributed by atoms with Gasteiger partial charge in [-0.05, 0) is 41.8 Å². The summed E-state index contributed by atoms with van der Waals surface area (Å²) in [6.45, 7) is 3.22. The standard InChI is InChI=1S/C27H28FN5O2/c1-32-25-4-3-17(9-19(25)13-31-32)22-14-29-15-23(18-10-20(28)12-21(11-18)34-2)27(22)33-7-5-24-26(16-33)35-8-6-30-24/h3-4,9-15,24,26,30H,5-8,16H2,1-2H3. The zero-order valence-corrected chi connectivity index (χ0v) is 19.9. The Bertz CT molecular complexity index is 1390. The molecule has 2 aromatic carbocycles. The highest BCUT2D eigenvalue weighted by atomic mass is 19.1. The van der Waals surface area contributed by atoms with Gasteiger partial charge in [-0.3, -0.25) is 9.67 Å². The number of piperidine rings is 1. The van der Waals surface area contributed by atoms with Gasteiger partial charge in [-0.25, -0.2) is 4.39 Å². The van der Waals surface area contributed by atoms with Crippen LogP contribution in [0.25, 0.3) is 33.2 Å². The SMILES string of the molecule is COc1cc(F)cc(-c2cncc(-c3ccc4c(cnn4C)c3)c2N2CCC3NCCOC3C2)c1. The first-order valence-corrected chi connectivity index (χ1v) is 12.0. The second-order valence-corrected chi connectivity index (χ2v) is 9.21. The number of hydrogen-bond acceptors (Lipinski definition) is 6. The number of rotatable bonds is 4. The van der Waals surface area contributed by atoms with Crippen molar-refractivity contribution in [1.82, 2.24) is 20.1 Å². The Morgan fingerprint density at radius 2 is 1.94 bits per heavy atom. The number of hydrogen-bond donors (Lipinski definition) is 1. The van der Waals surface area contributed by atoms with E-state index in [1.165, 1.54) is 6.07 Å². The number of methoxy groups -OCH3 is 1. The average Bonchev–Trinajstić information content (AvgIpc) is 3.27. The summed E-state index contributed by atoms with van der Waals surface area (Å²) in [5.41, 5.74) is 5.74. The maximum Gasteiger partial charge on any atom is 0.127 e. The Labute approximate surface area is 203 Å². The van der Waals surface area contributed by atoms with Crippen LogP contribution in [0.2, 0.25) is 0 Å². The predicted octanol–water partition coefficient (Wildman–Crippen LogP) is 4.02. The van der Waals surface area contributed by atoms with E-state index < -0.39 is 0 Å². The third-order valence-electron chi connectivity index (χ3n) is 7.11. The quantitative estimate of drug-likeness (QED) is 0.483. The number of anilines is 1. The zero-order valence-electron chi connectivity index (χ0n) is 19.9. The van der Waals surface area contributed by atoms with Crippen LogP contribution in [0.5, 0.6) is 5.75 Å². The molecule has 2 fully saturated rings. The second kappa shape index (κ2) is 8.94. The molecule has 2 unspecified atom stereocenters. The van der Waals surface area contributed by atoms with Gasteiger partial charge in [0.05, 0.1) is 37.2 Å². The number of nitrogens with zero attached hydrogens (tertiary/aromatic N) is 4. The van der Waals surface area contributed by atoms with Gasteiger partial charge in [0.25, 0.3) is 0 Å². The van der Waals surface area contributed by atoms with E-state index in [0.717, 1.165) is 64.9 Å². The molecule has 7 nitrogen and oxygen atoms in total. The molecule has 0 radical (unpaired) electrons. The molecule has 2 aliphatic rings. The molecule has 0 aliphatic carbocycles. The molecule has 1 N–H and O–H groups in total. The largest absolute Gasteiger partial charge is 0.497 e. The van der Waals surface area contributed by atoms with Crippen molar-refractivity contribution < 1.29 is 13.9 Å². The number of benzene rings is 2. The van der Waals surface area contributed by atoms with Gasteiger partial charge < -0.3 is 19.7 Å². The van der Waals surface area contributed by atoms with Crippen LogP contribution in [0.3, 0.4) is 0 Å². The number of pyridine rings is 1. The minimum Gasteiger partial charge on any atom is -0.497 e. The van der Waals surface area contributed by atoms with Gasteiger partial charge >= 0.3 is 0 Å². The molecule has 2 aliphatic heterocycles. The third kappa shape index (κ3) is 4.02. The Morgan fingerprint density at radius 3 is 2.80 bits per heavy atom. The third-order valence-corrected chi connectivity index (χ3v) is 7.11. The highest BCUT2D eigenvalue weighted by Gasteiger charge is 2.34. The van der Waals surface area contributed by atoms with Crippen LogP contribution in [0.4, 0.5) is 10.1 Å². The molecule has 35 heavy (non-hydrogen) atoms. The zero-order chi connectivity index (χ0) is 23.9. The lowest BCUT2D eigenvalue weighted by molar-refractivity contribution is -0.00899.